The summed E-state index contributed by atoms with van der Waals surface area (Å²) in [5, 5.41) is 13.2. The number of hydrogen-bond acceptors (Lipinski definition) is 5. The number of rotatable bonds is 5. The van der Waals surface area contributed by atoms with Crippen molar-refractivity contribution in [3.05, 3.63) is 23.8 Å². The number of methoxy groups -OCH3 is 2. The van der Waals surface area contributed by atoms with Gasteiger partial charge in [0, 0.05) is 32.7 Å². The Morgan fingerprint density at radius 2 is 1.80 bits per heavy atom. The van der Waals surface area contributed by atoms with E-state index >= 15 is 0 Å². The maximum atomic E-state index is 9.85. The molecule has 1 aromatic carbocycles. The summed E-state index contributed by atoms with van der Waals surface area (Å²) in [4.78, 5) is 2.39. The largest absolute Gasteiger partial charge is 0.502 e. The van der Waals surface area contributed by atoms with Gasteiger partial charge >= 0.3 is 0 Å². The van der Waals surface area contributed by atoms with E-state index in [1.807, 2.05) is 6.08 Å². The molecule has 2 rings (SSSR count). The third-order valence-electron chi connectivity index (χ3n) is 3.39. The van der Waals surface area contributed by atoms with E-state index in [0.29, 0.717) is 11.5 Å². The summed E-state index contributed by atoms with van der Waals surface area (Å²) in [6.07, 6.45) is 4.14. The zero-order valence-electron chi connectivity index (χ0n) is 12.1. The van der Waals surface area contributed by atoms with Crippen molar-refractivity contribution >= 4 is 6.08 Å². The average molecular weight is 278 g/mol. The Kier molecular flexibility index (Phi) is 5.26. The molecule has 1 heterocycles. The summed E-state index contributed by atoms with van der Waals surface area (Å²) < 4.78 is 10.3. The van der Waals surface area contributed by atoms with Crippen molar-refractivity contribution in [2.24, 2.45) is 0 Å². The Morgan fingerprint density at radius 3 is 2.35 bits per heavy atom. The molecule has 5 nitrogen and oxygen atoms in total. The number of hydrogen-bond donors (Lipinski definition) is 2. The van der Waals surface area contributed by atoms with Crippen molar-refractivity contribution in [1.29, 1.82) is 0 Å². The molecule has 0 bridgehead atoms. The quantitative estimate of drug-likeness (QED) is 0.851. The van der Waals surface area contributed by atoms with Gasteiger partial charge in [-0.25, -0.2) is 0 Å². The van der Waals surface area contributed by atoms with Crippen LogP contribution in [0, 0.1) is 0 Å². The van der Waals surface area contributed by atoms with Crippen molar-refractivity contribution < 1.29 is 14.6 Å². The van der Waals surface area contributed by atoms with Crippen molar-refractivity contribution in [1.82, 2.24) is 10.2 Å². The predicted molar refractivity (Wildman–Crippen MR) is 79.6 cm³/mol. The molecule has 0 aliphatic carbocycles. The van der Waals surface area contributed by atoms with Crippen LogP contribution < -0.4 is 14.8 Å². The molecule has 0 amide bonds. The summed E-state index contributed by atoms with van der Waals surface area (Å²) in [5.74, 6) is 0.881. The highest BCUT2D eigenvalue weighted by atomic mass is 16.5. The highest BCUT2D eigenvalue weighted by molar-refractivity contribution is 5.61. The first-order valence-electron chi connectivity index (χ1n) is 6.79. The summed E-state index contributed by atoms with van der Waals surface area (Å²) in [5.41, 5.74) is 0.951. The van der Waals surface area contributed by atoms with E-state index in [2.05, 4.69) is 16.3 Å². The SMILES string of the molecule is COc1cc(C=CCN2CCNCC2)cc(OC)c1O. The van der Waals surface area contributed by atoms with Gasteiger partial charge in [0.25, 0.3) is 0 Å². The van der Waals surface area contributed by atoms with Crippen LogP contribution in [0.15, 0.2) is 18.2 Å². The monoisotopic (exact) mass is 278 g/mol. The molecule has 0 unspecified atom stereocenters. The standard InChI is InChI=1S/C15H22N2O3/c1-19-13-10-12(11-14(20-2)15(13)18)4-3-7-17-8-5-16-6-9-17/h3-4,10-11,16,18H,5-9H2,1-2H3. The number of piperazine rings is 1. The molecule has 5 heteroatoms. The normalized spacial score (nSPS) is 16.5. The van der Waals surface area contributed by atoms with Crippen molar-refractivity contribution in [2.75, 3.05) is 46.9 Å². The molecule has 1 aliphatic heterocycles. The van der Waals surface area contributed by atoms with Crippen LogP contribution in [0.2, 0.25) is 0 Å². The Bertz CT molecular complexity index is 443. The highest BCUT2D eigenvalue weighted by Crippen LogP contribution is 2.37. The first kappa shape index (κ1) is 14.7. The van der Waals surface area contributed by atoms with Gasteiger partial charge in [0.15, 0.2) is 11.5 Å². The van der Waals surface area contributed by atoms with Crippen LogP contribution in [0.1, 0.15) is 5.56 Å². The number of nitrogens with one attached hydrogen (secondary N) is 1. The Morgan fingerprint density at radius 1 is 1.20 bits per heavy atom. The Labute approximate surface area is 119 Å². The fourth-order valence-corrected chi connectivity index (χ4v) is 2.24. The number of benzene rings is 1. The van der Waals surface area contributed by atoms with Crippen LogP contribution in [0.3, 0.4) is 0 Å². The van der Waals surface area contributed by atoms with Gasteiger partial charge in [-0.3, -0.25) is 4.90 Å². The van der Waals surface area contributed by atoms with E-state index in [1.165, 1.54) is 14.2 Å². The molecule has 0 spiro atoms. The molecular weight excluding hydrogens is 256 g/mol. The van der Waals surface area contributed by atoms with Gasteiger partial charge in [-0.05, 0) is 17.7 Å². The third kappa shape index (κ3) is 3.65. The van der Waals surface area contributed by atoms with Gasteiger partial charge < -0.3 is 19.9 Å². The average Bonchev–Trinajstić information content (AvgIpc) is 2.49. The minimum Gasteiger partial charge on any atom is -0.502 e. The predicted octanol–water partition coefficient (Wildman–Crippen LogP) is 1.33. The third-order valence-corrected chi connectivity index (χ3v) is 3.39. The van der Waals surface area contributed by atoms with Crippen LogP contribution in [0.5, 0.6) is 17.2 Å². The van der Waals surface area contributed by atoms with Crippen molar-refractivity contribution in [3.8, 4) is 17.2 Å². The number of nitrogens with zero attached hydrogens (tertiary/aromatic N) is 1. The Hall–Kier alpha value is -1.72. The molecule has 1 aliphatic rings. The number of ether oxygens (including phenoxy) is 2. The van der Waals surface area contributed by atoms with E-state index in [4.69, 9.17) is 9.47 Å². The van der Waals surface area contributed by atoms with Gasteiger partial charge in [0.05, 0.1) is 14.2 Å². The van der Waals surface area contributed by atoms with Crippen LogP contribution in [0.4, 0.5) is 0 Å². The lowest BCUT2D eigenvalue weighted by Crippen LogP contribution is -2.43. The minimum atomic E-state index is 0.0363. The van der Waals surface area contributed by atoms with Crippen molar-refractivity contribution in [3.63, 3.8) is 0 Å². The maximum Gasteiger partial charge on any atom is 0.200 e. The molecule has 1 aromatic rings. The second-order valence-electron chi connectivity index (χ2n) is 4.73. The van der Waals surface area contributed by atoms with Gasteiger partial charge in [-0.15, -0.1) is 0 Å². The molecule has 110 valence electrons. The second-order valence-corrected chi connectivity index (χ2v) is 4.73. The van der Waals surface area contributed by atoms with Crippen LogP contribution in [-0.4, -0.2) is 56.9 Å². The first-order chi connectivity index (χ1) is 9.74. The number of phenols is 1. The number of aromatic hydroxyl groups is 1. The topological polar surface area (TPSA) is 54.0 Å². The fourth-order valence-electron chi connectivity index (χ4n) is 2.24. The van der Waals surface area contributed by atoms with Gasteiger partial charge in [-0.1, -0.05) is 12.2 Å². The lowest BCUT2D eigenvalue weighted by atomic mass is 10.1. The highest BCUT2D eigenvalue weighted by Gasteiger charge is 2.10. The first-order valence-corrected chi connectivity index (χ1v) is 6.79. The molecule has 2 N–H and O–H groups in total. The molecule has 0 radical (unpaired) electrons. The molecule has 0 aromatic heterocycles. The molecule has 1 saturated heterocycles. The fraction of sp³-hybridized carbons (Fsp3) is 0.467. The molecule has 20 heavy (non-hydrogen) atoms. The van der Waals surface area contributed by atoms with Gasteiger partial charge in [0.1, 0.15) is 0 Å². The number of phenolic OH excluding ortho intramolecular Hbond substituents is 1. The maximum absolute atomic E-state index is 9.85. The van der Waals surface area contributed by atoms with E-state index in [1.54, 1.807) is 12.1 Å². The zero-order chi connectivity index (χ0) is 14.4. The van der Waals surface area contributed by atoms with Gasteiger partial charge in [-0.2, -0.15) is 0 Å². The van der Waals surface area contributed by atoms with E-state index in [9.17, 15) is 5.11 Å². The van der Waals surface area contributed by atoms with Crippen LogP contribution in [0.25, 0.3) is 6.08 Å². The summed E-state index contributed by atoms with van der Waals surface area (Å²) in [7, 11) is 3.06. The van der Waals surface area contributed by atoms with Crippen LogP contribution >= 0.6 is 0 Å². The van der Waals surface area contributed by atoms with Crippen molar-refractivity contribution in [2.45, 2.75) is 0 Å². The van der Waals surface area contributed by atoms with E-state index in [0.717, 1.165) is 38.3 Å². The Balaban J connectivity index is 2.04. The molecule has 0 saturated carbocycles. The smallest absolute Gasteiger partial charge is 0.200 e. The molecule has 0 atom stereocenters. The zero-order valence-corrected chi connectivity index (χ0v) is 12.1. The van der Waals surface area contributed by atoms with E-state index < -0.39 is 0 Å². The molecular formula is C15H22N2O3. The second kappa shape index (κ2) is 7.17. The summed E-state index contributed by atoms with van der Waals surface area (Å²) in [6, 6.07) is 3.60. The lowest BCUT2D eigenvalue weighted by Gasteiger charge is -2.25. The summed E-state index contributed by atoms with van der Waals surface area (Å²) >= 11 is 0. The molecule has 1 fully saturated rings. The van der Waals surface area contributed by atoms with Gasteiger partial charge in [0.2, 0.25) is 5.75 Å². The van der Waals surface area contributed by atoms with Crippen LogP contribution in [-0.2, 0) is 0 Å². The summed E-state index contributed by atoms with van der Waals surface area (Å²) in [6.45, 7) is 5.18. The lowest BCUT2D eigenvalue weighted by molar-refractivity contribution is 0.265. The minimum absolute atomic E-state index is 0.0363. The van der Waals surface area contributed by atoms with E-state index in [-0.39, 0.29) is 5.75 Å².